The second kappa shape index (κ2) is 15.7. The van der Waals surface area contributed by atoms with Crippen molar-refractivity contribution in [3.05, 3.63) is 144 Å². The Kier molecular flexibility index (Phi) is 10.8. The minimum absolute atomic E-state index is 0.184. The van der Waals surface area contributed by atoms with Gasteiger partial charge in [-0.25, -0.2) is 0 Å². The summed E-state index contributed by atoms with van der Waals surface area (Å²) >= 11 is 0. The summed E-state index contributed by atoms with van der Waals surface area (Å²) in [5.74, 6) is 1.10. The van der Waals surface area contributed by atoms with Crippen LogP contribution in [0.25, 0.3) is 0 Å². The van der Waals surface area contributed by atoms with E-state index in [9.17, 15) is 4.79 Å². The number of nitrogens with zero attached hydrogens (tertiary/aromatic N) is 1. The number of hydrogen-bond donors (Lipinski definition) is 2. The predicted octanol–water partition coefficient (Wildman–Crippen LogP) is 6.93. The molecule has 9 heteroatoms. The maximum atomic E-state index is 14.1. The second-order valence-corrected chi connectivity index (χ2v) is 12.0. The summed E-state index contributed by atoms with van der Waals surface area (Å²) in [7, 11) is 0. The SMILES string of the molecule is CCC1=C(C(=O)Nc2ccccc2Oc2ccccc2)C2C=CC1(C(Nc1ccccc1)c1ccc(CN3CCOCC3)cc1)O2.O=C=O. The van der Waals surface area contributed by atoms with Crippen molar-refractivity contribution in [2.24, 2.45) is 0 Å². The Hall–Kier alpha value is -5.31. The number of carbonyl (C=O) groups excluding carboxylic acids is 3. The number of ether oxygens (including phenoxy) is 3. The summed E-state index contributed by atoms with van der Waals surface area (Å²) in [6, 6.07) is 35.8. The lowest BCUT2D eigenvalue weighted by atomic mass is 9.77. The molecule has 250 valence electrons. The first-order valence-electron chi connectivity index (χ1n) is 16.5. The molecule has 4 aromatic carbocycles. The van der Waals surface area contributed by atoms with Gasteiger partial charge < -0.3 is 24.8 Å². The highest BCUT2D eigenvalue weighted by molar-refractivity contribution is 6.07. The number of anilines is 2. The van der Waals surface area contributed by atoms with Crippen molar-refractivity contribution in [1.82, 2.24) is 4.90 Å². The number of nitrogens with one attached hydrogen (secondary N) is 2. The first-order chi connectivity index (χ1) is 24.0. The molecule has 2 N–H and O–H groups in total. The van der Waals surface area contributed by atoms with Gasteiger partial charge in [0.1, 0.15) is 17.5 Å². The number of carbonyl (C=O) groups is 1. The van der Waals surface area contributed by atoms with E-state index in [4.69, 9.17) is 23.8 Å². The number of amides is 1. The Morgan fingerprint density at radius 3 is 2.27 bits per heavy atom. The zero-order chi connectivity index (χ0) is 34.1. The highest BCUT2D eigenvalue weighted by atomic mass is 16.5. The molecule has 2 bridgehead atoms. The molecule has 7 rings (SSSR count). The minimum Gasteiger partial charge on any atom is -0.455 e. The van der Waals surface area contributed by atoms with Crippen molar-refractivity contribution < 1.29 is 28.6 Å². The van der Waals surface area contributed by atoms with Crippen molar-refractivity contribution in [3.8, 4) is 11.5 Å². The molecule has 9 nitrogen and oxygen atoms in total. The van der Waals surface area contributed by atoms with Gasteiger partial charge in [0, 0.05) is 25.3 Å². The van der Waals surface area contributed by atoms with Crippen molar-refractivity contribution in [1.29, 1.82) is 0 Å². The Morgan fingerprint density at radius 1 is 0.918 bits per heavy atom. The van der Waals surface area contributed by atoms with Crippen molar-refractivity contribution >= 4 is 23.4 Å². The lowest BCUT2D eigenvalue weighted by Gasteiger charge is -2.37. The third kappa shape index (κ3) is 7.56. The number of fused-ring (bicyclic) bond motifs is 2. The lowest BCUT2D eigenvalue weighted by molar-refractivity contribution is -0.191. The maximum absolute atomic E-state index is 14.1. The van der Waals surface area contributed by atoms with Gasteiger partial charge in [0.2, 0.25) is 0 Å². The Bertz CT molecular complexity index is 1810. The van der Waals surface area contributed by atoms with E-state index in [1.54, 1.807) is 0 Å². The summed E-state index contributed by atoms with van der Waals surface area (Å²) in [5.41, 5.74) is 4.75. The lowest BCUT2D eigenvalue weighted by Crippen LogP contribution is -2.40. The van der Waals surface area contributed by atoms with E-state index in [1.165, 1.54) is 5.56 Å². The van der Waals surface area contributed by atoms with Gasteiger partial charge in [-0.15, -0.1) is 0 Å². The second-order valence-electron chi connectivity index (χ2n) is 12.0. The van der Waals surface area contributed by atoms with Gasteiger partial charge in [-0.05, 0) is 65.6 Å². The fourth-order valence-corrected chi connectivity index (χ4v) is 6.74. The molecule has 0 aromatic heterocycles. The van der Waals surface area contributed by atoms with Crippen LogP contribution in [0.5, 0.6) is 11.5 Å². The molecule has 0 radical (unpaired) electrons. The Balaban J connectivity index is 0.00000134. The Labute approximate surface area is 286 Å². The van der Waals surface area contributed by atoms with E-state index in [0.29, 0.717) is 29.2 Å². The molecule has 3 aliphatic heterocycles. The highest BCUT2D eigenvalue weighted by Gasteiger charge is 2.54. The minimum atomic E-state index is -0.826. The molecule has 3 heterocycles. The van der Waals surface area contributed by atoms with E-state index in [2.05, 4.69) is 64.9 Å². The van der Waals surface area contributed by atoms with Gasteiger partial charge >= 0.3 is 6.15 Å². The van der Waals surface area contributed by atoms with Crippen LogP contribution < -0.4 is 15.4 Å². The van der Waals surface area contributed by atoms with Crippen molar-refractivity contribution in [3.63, 3.8) is 0 Å². The van der Waals surface area contributed by atoms with Gasteiger partial charge in [-0.1, -0.05) is 85.8 Å². The molecule has 0 spiro atoms. The molecule has 49 heavy (non-hydrogen) atoms. The van der Waals surface area contributed by atoms with E-state index in [0.717, 1.165) is 49.7 Å². The summed E-state index contributed by atoms with van der Waals surface area (Å²) in [4.78, 5) is 32.8. The van der Waals surface area contributed by atoms with Crippen LogP contribution in [-0.4, -0.2) is 55.0 Å². The molecule has 1 saturated heterocycles. The summed E-state index contributed by atoms with van der Waals surface area (Å²) < 4.78 is 18.5. The average molecular weight is 658 g/mol. The molecule has 1 fully saturated rings. The molecule has 3 unspecified atom stereocenters. The largest absolute Gasteiger partial charge is 0.455 e. The molecule has 3 atom stereocenters. The number of hydrogen-bond acceptors (Lipinski definition) is 8. The van der Waals surface area contributed by atoms with Crippen LogP contribution in [0.2, 0.25) is 0 Å². The molecule has 3 aliphatic rings. The fraction of sp³-hybridized carbons (Fsp3) is 0.250. The van der Waals surface area contributed by atoms with Gasteiger partial charge in [-0.2, -0.15) is 9.59 Å². The molecule has 1 amide bonds. The monoisotopic (exact) mass is 657 g/mol. The third-order valence-corrected chi connectivity index (χ3v) is 8.96. The van der Waals surface area contributed by atoms with Crippen LogP contribution in [-0.2, 0) is 30.4 Å². The van der Waals surface area contributed by atoms with E-state index >= 15 is 0 Å². The van der Waals surface area contributed by atoms with E-state index in [-0.39, 0.29) is 18.1 Å². The molecule has 0 saturated carbocycles. The predicted molar refractivity (Wildman–Crippen MR) is 186 cm³/mol. The molecular weight excluding hydrogens is 618 g/mol. The number of para-hydroxylation sites is 4. The van der Waals surface area contributed by atoms with Crippen LogP contribution in [0.3, 0.4) is 0 Å². The topological polar surface area (TPSA) is 106 Å². The third-order valence-electron chi connectivity index (χ3n) is 8.96. The summed E-state index contributed by atoms with van der Waals surface area (Å²) in [6.07, 6.45) is 4.63. The zero-order valence-electron chi connectivity index (χ0n) is 27.3. The van der Waals surface area contributed by atoms with E-state index in [1.807, 2.05) is 78.9 Å². The first kappa shape index (κ1) is 33.6. The standard InChI is InChI=1S/C39H39N3O4.CO2/c1-2-32-36(38(43)41-33-15-9-10-16-34(33)45-31-13-7-4-8-14-31)35-21-22-39(32,46-35)37(40-30-11-5-3-6-12-30)29-19-17-28(18-20-29)27-42-23-25-44-26-24-42;2-1-3/h3-22,35,37,40H,2,23-27H2,1H3,(H,41,43);. The Morgan fingerprint density at radius 2 is 1.57 bits per heavy atom. The normalized spacial score (nSPS) is 20.1. The zero-order valence-corrected chi connectivity index (χ0v) is 27.3. The van der Waals surface area contributed by atoms with Gasteiger partial charge in [0.05, 0.1) is 30.5 Å². The summed E-state index contributed by atoms with van der Waals surface area (Å²) in [6.45, 7) is 6.44. The van der Waals surface area contributed by atoms with Crippen LogP contribution in [0.1, 0.15) is 30.5 Å². The van der Waals surface area contributed by atoms with Gasteiger partial charge in [-0.3, -0.25) is 9.69 Å². The van der Waals surface area contributed by atoms with E-state index < -0.39 is 11.7 Å². The number of benzene rings is 4. The maximum Gasteiger partial charge on any atom is 0.373 e. The van der Waals surface area contributed by atoms with Crippen molar-refractivity contribution in [2.75, 3.05) is 36.9 Å². The molecule has 4 aromatic rings. The van der Waals surface area contributed by atoms with Crippen LogP contribution in [0, 0.1) is 0 Å². The first-order valence-corrected chi connectivity index (χ1v) is 16.5. The molecular formula is C40H39N3O6. The van der Waals surface area contributed by atoms with Gasteiger partial charge in [0.15, 0.2) is 5.75 Å². The number of morpholine rings is 1. The smallest absolute Gasteiger partial charge is 0.373 e. The average Bonchev–Trinajstić information content (AvgIpc) is 3.71. The highest BCUT2D eigenvalue weighted by Crippen LogP contribution is 2.52. The fourth-order valence-electron chi connectivity index (χ4n) is 6.74. The quantitative estimate of drug-likeness (QED) is 0.167. The van der Waals surface area contributed by atoms with Crippen molar-refractivity contribution in [2.45, 2.75) is 37.6 Å². The number of rotatable bonds is 11. The van der Waals surface area contributed by atoms with Crippen LogP contribution in [0.15, 0.2) is 132 Å². The van der Waals surface area contributed by atoms with Crippen LogP contribution >= 0.6 is 0 Å². The van der Waals surface area contributed by atoms with Gasteiger partial charge in [0.25, 0.3) is 5.91 Å². The molecule has 0 aliphatic carbocycles. The summed E-state index contributed by atoms with van der Waals surface area (Å²) in [5, 5.41) is 6.92. The van der Waals surface area contributed by atoms with Crippen LogP contribution in [0.4, 0.5) is 11.4 Å².